The largest absolute Gasteiger partial charge is 0.415 e. The Balaban J connectivity index is 1.97. The molecule has 1 saturated heterocycles. The zero-order valence-electron chi connectivity index (χ0n) is 8.80. The molecule has 94 valence electrons. The summed E-state index contributed by atoms with van der Waals surface area (Å²) in [7, 11) is 0. The number of hydrogen-bond donors (Lipinski definition) is 1. The van der Waals surface area contributed by atoms with E-state index in [1.54, 1.807) is 0 Å². The number of ether oxygens (including phenoxy) is 1. The molecule has 1 aliphatic heterocycles. The molecule has 2 atom stereocenters. The Morgan fingerprint density at radius 3 is 2.35 bits per heavy atom. The minimum absolute atomic E-state index is 0.0335. The van der Waals surface area contributed by atoms with Crippen LogP contribution >= 0.6 is 15.9 Å². The van der Waals surface area contributed by atoms with Gasteiger partial charge >= 0.3 is 6.18 Å². The molecule has 1 aliphatic rings. The Labute approximate surface area is 105 Å². The number of benzene rings is 1. The smallest absolute Gasteiger partial charge is 0.365 e. The molecule has 0 aliphatic carbocycles. The third-order valence-electron chi connectivity index (χ3n) is 2.65. The second-order valence-corrected chi connectivity index (χ2v) is 4.79. The molecule has 0 bridgehead atoms. The molecule has 17 heavy (non-hydrogen) atoms. The summed E-state index contributed by atoms with van der Waals surface area (Å²) in [6.45, 7) is -0.171. The lowest BCUT2D eigenvalue weighted by Crippen LogP contribution is -2.48. The lowest BCUT2D eigenvalue weighted by molar-refractivity contribution is -0.229. The SMILES string of the molecule is FC(F)(F)[C@H]1CN[C@H](c2ccc(Br)cc2)CO1. The molecule has 6 heteroatoms. The maximum Gasteiger partial charge on any atom is 0.415 e. The van der Waals surface area contributed by atoms with E-state index in [0.29, 0.717) is 0 Å². The average Bonchev–Trinajstić information content (AvgIpc) is 2.29. The van der Waals surface area contributed by atoms with Crippen LogP contribution in [0.4, 0.5) is 13.2 Å². The van der Waals surface area contributed by atoms with E-state index >= 15 is 0 Å². The Morgan fingerprint density at radius 1 is 1.24 bits per heavy atom. The summed E-state index contributed by atoms with van der Waals surface area (Å²) in [6.07, 6.45) is -5.99. The van der Waals surface area contributed by atoms with E-state index in [9.17, 15) is 13.2 Å². The summed E-state index contributed by atoms with van der Waals surface area (Å²) in [4.78, 5) is 0. The van der Waals surface area contributed by atoms with Crippen LogP contribution < -0.4 is 5.32 Å². The van der Waals surface area contributed by atoms with Gasteiger partial charge in [-0.3, -0.25) is 0 Å². The molecule has 2 nitrogen and oxygen atoms in total. The van der Waals surface area contributed by atoms with Crippen LogP contribution in [0.15, 0.2) is 28.7 Å². The van der Waals surface area contributed by atoms with Crippen LogP contribution in [0, 0.1) is 0 Å². The van der Waals surface area contributed by atoms with E-state index in [4.69, 9.17) is 4.74 Å². The van der Waals surface area contributed by atoms with Gasteiger partial charge in [-0.1, -0.05) is 28.1 Å². The predicted molar refractivity (Wildman–Crippen MR) is 60.7 cm³/mol. The first-order valence-electron chi connectivity index (χ1n) is 5.14. The molecule has 1 aromatic rings. The highest BCUT2D eigenvalue weighted by atomic mass is 79.9. The van der Waals surface area contributed by atoms with Crippen molar-refractivity contribution in [2.45, 2.75) is 18.3 Å². The second kappa shape index (κ2) is 4.96. The number of halogens is 4. The molecular weight excluding hydrogens is 299 g/mol. The number of alkyl halides is 3. The molecule has 0 spiro atoms. The van der Waals surface area contributed by atoms with E-state index in [-0.39, 0.29) is 19.2 Å². The first-order valence-corrected chi connectivity index (χ1v) is 5.93. The maximum absolute atomic E-state index is 12.4. The van der Waals surface area contributed by atoms with Crippen molar-refractivity contribution in [2.75, 3.05) is 13.2 Å². The van der Waals surface area contributed by atoms with Gasteiger partial charge in [0, 0.05) is 11.0 Å². The van der Waals surface area contributed by atoms with Gasteiger partial charge < -0.3 is 10.1 Å². The predicted octanol–water partition coefficient (Wildman–Crippen LogP) is 3.04. The van der Waals surface area contributed by atoms with Crippen LogP contribution in [0.5, 0.6) is 0 Å². The maximum atomic E-state index is 12.4. The molecule has 0 aromatic heterocycles. The number of rotatable bonds is 1. The van der Waals surface area contributed by atoms with E-state index in [1.165, 1.54) is 0 Å². The highest BCUT2D eigenvalue weighted by Gasteiger charge is 2.43. The molecule has 0 radical (unpaired) electrons. The molecule has 1 heterocycles. The van der Waals surface area contributed by atoms with Crippen LogP contribution in [0.1, 0.15) is 11.6 Å². The van der Waals surface area contributed by atoms with E-state index in [1.807, 2.05) is 24.3 Å². The van der Waals surface area contributed by atoms with Crippen LogP contribution in [0.2, 0.25) is 0 Å². The summed E-state index contributed by atoms with van der Waals surface area (Å²) in [5, 5.41) is 2.85. The summed E-state index contributed by atoms with van der Waals surface area (Å²) in [5.41, 5.74) is 0.925. The molecule has 0 saturated carbocycles. The van der Waals surface area contributed by atoms with E-state index < -0.39 is 12.3 Å². The van der Waals surface area contributed by atoms with Crippen molar-refractivity contribution in [3.8, 4) is 0 Å². The zero-order valence-corrected chi connectivity index (χ0v) is 10.4. The van der Waals surface area contributed by atoms with Crippen molar-refractivity contribution < 1.29 is 17.9 Å². The first kappa shape index (κ1) is 12.9. The van der Waals surface area contributed by atoms with Gasteiger partial charge in [0.1, 0.15) is 0 Å². The summed E-state index contributed by atoms with van der Waals surface area (Å²) >= 11 is 3.30. The van der Waals surface area contributed by atoms with Crippen LogP contribution in [-0.4, -0.2) is 25.4 Å². The number of morpholine rings is 1. The van der Waals surface area contributed by atoms with Crippen molar-refractivity contribution in [3.05, 3.63) is 34.3 Å². The van der Waals surface area contributed by atoms with Crippen molar-refractivity contribution in [3.63, 3.8) is 0 Å². The van der Waals surface area contributed by atoms with E-state index in [0.717, 1.165) is 10.0 Å². The molecule has 2 rings (SSSR count). The summed E-state index contributed by atoms with van der Waals surface area (Å²) in [5.74, 6) is 0. The molecule has 0 amide bonds. The highest BCUT2D eigenvalue weighted by molar-refractivity contribution is 9.10. The minimum atomic E-state index is -4.29. The van der Waals surface area contributed by atoms with Crippen molar-refractivity contribution in [1.29, 1.82) is 0 Å². The van der Waals surface area contributed by atoms with Gasteiger partial charge in [0.25, 0.3) is 0 Å². The van der Waals surface area contributed by atoms with Crippen LogP contribution in [0.3, 0.4) is 0 Å². The topological polar surface area (TPSA) is 21.3 Å². The lowest BCUT2D eigenvalue weighted by Gasteiger charge is -2.31. The fraction of sp³-hybridized carbons (Fsp3) is 0.455. The number of nitrogens with one attached hydrogen (secondary N) is 1. The van der Waals surface area contributed by atoms with Gasteiger partial charge in [-0.2, -0.15) is 13.2 Å². The lowest BCUT2D eigenvalue weighted by atomic mass is 10.1. The van der Waals surface area contributed by atoms with Gasteiger partial charge in [-0.25, -0.2) is 0 Å². The highest BCUT2D eigenvalue weighted by Crippen LogP contribution is 2.27. The Bertz CT molecular complexity index is 371. The third kappa shape index (κ3) is 3.20. The van der Waals surface area contributed by atoms with E-state index in [2.05, 4.69) is 21.2 Å². The Morgan fingerprint density at radius 2 is 1.88 bits per heavy atom. The van der Waals surface area contributed by atoms with Gasteiger partial charge in [-0.05, 0) is 17.7 Å². The second-order valence-electron chi connectivity index (χ2n) is 3.88. The van der Waals surface area contributed by atoms with Crippen molar-refractivity contribution in [1.82, 2.24) is 5.32 Å². The Hall–Kier alpha value is -0.590. The van der Waals surface area contributed by atoms with Gasteiger partial charge in [0.05, 0.1) is 12.6 Å². The fourth-order valence-electron chi connectivity index (χ4n) is 1.70. The summed E-state index contributed by atoms with van der Waals surface area (Å²) in [6, 6.07) is 7.25. The summed E-state index contributed by atoms with van der Waals surface area (Å²) < 4.78 is 42.8. The minimum Gasteiger partial charge on any atom is -0.365 e. The average molecular weight is 310 g/mol. The van der Waals surface area contributed by atoms with Gasteiger partial charge in [0.2, 0.25) is 0 Å². The quantitative estimate of drug-likeness (QED) is 0.861. The monoisotopic (exact) mass is 309 g/mol. The molecular formula is C11H11BrF3NO. The zero-order chi connectivity index (χ0) is 12.5. The first-order chi connectivity index (χ1) is 7.97. The van der Waals surface area contributed by atoms with Gasteiger partial charge in [0.15, 0.2) is 6.10 Å². The molecule has 1 N–H and O–H groups in total. The van der Waals surface area contributed by atoms with Crippen molar-refractivity contribution in [2.24, 2.45) is 0 Å². The van der Waals surface area contributed by atoms with Gasteiger partial charge in [-0.15, -0.1) is 0 Å². The molecule has 0 unspecified atom stereocenters. The van der Waals surface area contributed by atoms with Crippen LogP contribution in [0.25, 0.3) is 0 Å². The van der Waals surface area contributed by atoms with Crippen LogP contribution in [-0.2, 0) is 4.74 Å². The normalized spacial score (nSPS) is 25.9. The standard InChI is InChI=1S/C11H11BrF3NO/c12-8-3-1-7(2-4-8)9-6-17-10(5-16-9)11(13,14)15/h1-4,9-10,16H,5-6H2/t9-,10+/m0/s1. The molecule has 1 fully saturated rings. The Kier molecular flexibility index (Phi) is 3.75. The van der Waals surface area contributed by atoms with Crippen molar-refractivity contribution >= 4 is 15.9 Å². The third-order valence-corrected chi connectivity index (χ3v) is 3.18. The fourth-order valence-corrected chi connectivity index (χ4v) is 1.96. The molecule has 1 aromatic carbocycles. The number of hydrogen-bond acceptors (Lipinski definition) is 2.